The minimum atomic E-state index is -0.188. The smallest absolute Gasteiger partial charge is 0.258 e. The summed E-state index contributed by atoms with van der Waals surface area (Å²) >= 11 is 1.61. The van der Waals surface area contributed by atoms with Crippen LogP contribution in [0.15, 0.2) is 29.6 Å². The van der Waals surface area contributed by atoms with Crippen LogP contribution in [0, 0.1) is 6.92 Å². The fourth-order valence-corrected chi connectivity index (χ4v) is 3.27. The van der Waals surface area contributed by atoms with Crippen molar-refractivity contribution in [2.75, 3.05) is 5.32 Å². The molecule has 0 radical (unpaired) electrons. The second-order valence-corrected chi connectivity index (χ2v) is 6.42. The molecule has 1 aromatic heterocycles. The van der Waals surface area contributed by atoms with E-state index in [1.54, 1.807) is 11.3 Å². The first-order valence-electron chi connectivity index (χ1n) is 7.22. The van der Waals surface area contributed by atoms with E-state index in [9.17, 15) is 4.79 Å². The first-order chi connectivity index (χ1) is 10.1. The average Bonchev–Trinajstić information content (AvgIpc) is 2.93. The number of fused-ring (bicyclic) bond motifs is 1. The largest absolute Gasteiger partial charge is 0.359 e. The molecular weight excluding hydrogens is 282 g/mol. The normalized spacial score (nSPS) is 19.1. The van der Waals surface area contributed by atoms with Crippen molar-refractivity contribution in [3.05, 3.63) is 45.9 Å². The summed E-state index contributed by atoms with van der Waals surface area (Å²) in [6.45, 7) is 6.17. The number of hydrogen-bond donors (Lipinski definition) is 1. The van der Waals surface area contributed by atoms with Crippen molar-refractivity contribution in [3.63, 3.8) is 0 Å². The third kappa shape index (κ3) is 2.42. The number of aryl methyl sites for hydroxylation is 1. The fourth-order valence-electron chi connectivity index (χ4n) is 2.64. The number of anilines is 1. The lowest BCUT2D eigenvalue weighted by molar-refractivity contribution is 0.0589. The Morgan fingerprint density at radius 1 is 1.43 bits per heavy atom. The molecule has 0 bridgehead atoms. The summed E-state index contributed by atoms with van der Waals surface area (Å²) in [4.78, 5) is 19.4. The number of hydrogen-bond acceptors (Lipinski definition) is 4. The summed E-state index contributed by atoms with van der Waals surface area (Å²) in [6.07, 6.45) is 0.724. The van der Waals surface area contributed by atoms with E-state index in [1.165, 1.54) is 0 Å². The minimum absolute atomic E-state index is 0.0781. The van der Waals surface area contributed by atoms with E-state index in [4.69, 9.17) is 0 Å². The van der Waals surface area contributed by atoms with E-state index >= 15 is 0 Å². The predicted molar refractivity (Wildman–Crippen MR) is 85.6 cm³/mol. The summed E-state index contributed by atoms with van der Waals surface area (Å²) in [6, 6.07) is 7.84. The molecule has 0 saturated heterocycles. The molecule has 3 rings (SSSR count). The molecule has 5 heteroatoms. The SMILES string of the molecule is CC[C@H](C)N1C(=O)c2ccccc2N[C@H]1c1csc(C)n1. The first-order valence-corrected chi connectivity index (χ1v) is 8.10. The molecule has 0 spiro atoms. The summed E-state index contributed by atoms with van der Waals surface area (Å²) < 4.78 is 0. The van der Waals surface area contributed by atoms with Crippen LogP contribution >= 0.6 is 11.3 Å². The number of rotatable bonds is 3. The molecule has 0 saturated carbocycles. The van der Waals surface area contributed by atoms with Crippen LogP contribution < -0.4 is 5.32 Å². The maximum atomic E-state index is 12.9. The zero-order chi connectivity index (χ0) is 15.0. The number of thiazole rings is 1. The highest BCUT2D eigenvalue weighted by atomic mass is 32.1. The number of aromatic nitrogens is 1. The van der Waals surface area contributed by atoms with Gasteiger partial charge in [-0.05, 0) is 32.4 Å². The minimum Gasteiger partial charge on any atom is -0.359 e. The highest BCUT2D eigenvalue weighted by molar-refractivity contribution is 7.09. The molecule has 1 amide bonds. The van der Waals surface area contributed by atoms with Crippen molar-refractivity contribution in [1.82, 2.24) is 9.88 Å². The maximum Gasteiger partial charge on any atom is 0.258 e. The van der Waals surface area contributed by atoms with Crippen molar-refractivity contribution >= 4 is 22.9 Å². The summed E-state index contributed by atoms with van der Waals surface area (Å²) in [5.74, 6) is 0.0781. The fraction of sp³-hybridized carbons (Fsp3) is 0.375. The van der Waals surface area contributed by atoms with Crippen LogP contribution in [-0.2, 0) is 0 Å². The van der Waals surface area contributed by atoms with Crippen LogP contribution in [-0.4, -0.2) is 21.8 Å². The molecule has 1 N–H and O–H groups in total. The van der Waals surface area contributed by atoms with Crippen molar-refractivity contribution in [3.8, 4) is 0 Å². The molecule has 2 heterocycles. The van der Waals surface area contributed by atoms with E-state index in [0.717, 1.165) is 28.4 Å². The Labute approximate surface area is 128 Å². The van der Waals surface area contributed by atoms with Crippen LogP contribution in [0.25, 0.3) is 0 Å². The van der Waals surface area contributed by atoms with Gasteiger partial charge in [-0.15, -0.1) is 11.3 Å². The van der Waals surface area contributed by atoms with Gasteiger partial charge in [-0.25, -0.2) is 4.98 Å². The van der Waals surface area contributed by atoms with Crippen LogP contribution in [0.4, 0.5) is 5.69 Å². The van der Waals surface area contributed by atoms with Crippen LogP contribution in [0.2, 0.25) is 0 Å². The monoisotopic (exact) mass is 301 g/mol. The van der Waals surface area contributed by atoms with E-state index in [0.29, 0.717) is 0 Å². The molecule has 110 valence electrons. The number of nitrogens with zero attached hydrogens (tertiary/aromatic N) is 2. The van der Waals surface area contributed by atoms with E-state index in [1.807, 2.05) is 41.5 Å². The van der Waals surface area contributed by atoms with Crippen molar-refractivity contribution < 1.29 is 4.79 Å². The molecule has 21 heavy (non-hydrogen) atoms. The van der Waals surface area contributed by atoms with Gasteiger partial charge in [0.15, 0.2) is 0 Å². The van der Waals surface area contributed by atoms with Crippen LogP contribution in [0.3, 0.4) is 0 Å². The second kappa shape index (κ2) is 5.48. The number of benzene rings is 1. The lowest BCUT2D eigenvalue weighted by atomic mass is 10.0. The lowest BCUT2D eigenvalue weighted by Crippen LogP contribution is -2.47. The number of carbonyl (C=O) groups is 1. The highest BCUT2D eigenvalue weighted by Crippen LogP contribution is 2.35. The van der Waals surface area contributed by atoms with Gasteiger partial charge >= 0.3 is 0 Å². The second-order valence-electron chi connectivity index (χ2n) is 5.35. The first kappa shape index (κ1) is 14.1. The Bertz CT molecular complexity index is 667. The van der Waals surface area contributed by atoms with Gasteiger partial charge in [0.2, 0.25) is 0 Å². The molecule has 1 aromatic carbocycles. The molecule has 0 unspecified atom stereocenters. The van der Waals surface area contributed by atoms with Gasteiger partial charge in [-0.2, -0.15) is 0 Å². The molecular formula is C16H19N3OS. The molecule has 2 atom stereocenters. The number of amides is 1. The van der Waals surface area contributed by atoms with Gasteiger partial charge in [0.05, 0.1) is 16.3 Å². The Morgan fingerprint density at radius 3 is 2.86 bits per heavy atom. The molecule has 1 aliphatic rings. The highest BCUT2D eigenvalue weighted by Gasteiger charge is 2.36. The summed E-state index contributed by atoms with van der Waals surface area (Å²) in [5.41, 5.74) is 2.54. The third-order valence-electron chi connectivity index (χ3n) is 3.94. The quantitative estimate of drug-likeness (QED) is 0.937. The Kier molecular flexibility index (Phi) is 3.68. The van der Waals surface area contributed by atoms with Crippen molar-refractivity contribution in [2.24, 2.45) is 0 Å². The average molecular weight is 301 g/mol. The van der Waals surface area contributed by atoms with Gasteiger partial charge < -0.3 is 10.2 Å². The van der Waals surface area contributed by atoms with Crippen molar-refractivity contribution in [2.45, 2.75) is 39.4 Å². The van der Waals surface area contributed by atoms with E-state index in [2.05, 4.69) is 24.1 Å². The zero-order valence-electron chi connectivity index (χ0n) is 12.5. The van der Waals surface area contributed by atoms with Gasteiger partial charge in [0.25, 0.3) is 5.91 Å². The standard InChI is InChI=1S/C16H19N3OS/c1-4-10(2)19-15(14-9-21-11(3)17-14)18-13-8-6-5-7-12(13)16(19)20/h5-10,15,18H,4H2,1-3H3/t10-,15+/m0/s1. The summed E-state index contributed by atoms with van der Waals surface area (Å²) in [7, 11) is 0. The van der Waals surface area contributed by atoms with Crippen molar-refractivity contribution in [1.29, 1.82) is 0 Å². The Balaban J connectivity index is 2.07. The van der Waals surface area contributed by atoms with E-state index < -0.39 is 0 Å². The number of carbonyl (C=O) groups excluding carboxylic acids is 1. The van der Waals surface area contributed by atoms with Gasteiger partial charge in [-0.3, -0.25) is 4.79 Å². The molecule has 1 aliphatic heterocycles. The van der Waals surface area contributed by atoms with Gasteiger partial charge in [0, 0.05) is 17.1 Å². The van der Waals surface area contributed by atoms with Crippen LogP contribution in [0.5, 0.6) is 0 Å². The topological polar surface area (TPSA) is 45.2 Å². The molecule has 4 nitrogen and oxygen atoms in total. The molecule has 0 aliphatic carbocycles. The predicted octanol–water partition coefficient (Wildman–Crippen LogP) is 3.82. The third-order valence-corrected chi connectivity index (χ3v) is 4.74. The Morgan fingerprint density at radius 2 is 2.19 bits per heavy atom. The summed E-state index contributed by atoms with van der Waals surface area (Å²) in [5, 5.41) is 6.52. The molecule has 2 aromatic rings. The lowest BCUT2D eigenvalue weighted by Gasteiger charge is -2.40. The van der Waals surface area contributed by atoms with Crippen LogP contribution in [0.1, 0.15) is 47.5 Å². The maximum absolute atomic E-state index is 12.9. The van der Waals surface area contributed by atoms with Gasteiger partial charge in [0.1, 0.15) is 6.17 Å². The number of nitrogens with one attached hydrogen (secondary N) is 1. The van der Waals surface area contributed by atoms with E-state index in [-0.39, 0.29) is 18.1 Å². The molecule has 0 fully saturated rings. The number of para-hydroxylation sites is 1. The Hall–Kier alpha value is -1.88. The van der Waals surface area contributed by atoms with Gasteiger partial charge in [-0.1, -0.05) is 19.1 Å². The zero-order valence-corrected chi connectivity index (χ0v) is 13.3.